The molecule has 0 aliphatic heterocycles. The van der Waals surface area contributed by atoms with Crippen LogP contribution in [0, 0.1) is 6.92 Å². The highest BCUT2D eigenvalue weighted by molar-refractivity contribution is 6.30. The number of nitrogens with zero attached hydrogens (tertiary/aromatic N) is 2. The summed E-state index contributed by atoms with van der Waals surface area (Å²) in [5.41, 5.74) is 2.59. The summed E-state index contributed by atoms with van der Waals surface area (Å²) >= 11 is 5.95. The van der Waals surface area contributed by atoms with Crippen LogP contribution >= 0.6 is 11.6 Å². The first-order chi connectivity index (χ1) is 13.1. The fourth-order valence-electron chi connectivity index (χ4n) is 2.95. The molecule has 0 bridgehead atoms. The summed E-state index contributed by atoms with van der Waals surface area (Å²) in [6.07, 6.45) is 1.80. The van der Waals surface area contributed by atoms with Gasteiger partial charge in [-0.05, 0) is 48.9 Å². The van der Waals surface area contributed by atoms with E-state index in [0.29, 0.717) is 23.7 Å². The molecule has 0 fully saturated rings. The molecule has 6 heteroatoms. The minimum absolute atomic E-state index is 0.148. The summed E-state index contributed by atoms with van der Waals surface area (Å²) in [6.45, 7) is 2.84. The summed E-state index contributed by atoms with van der Waals surface area (Å²) in [5, 5.41) is 9.02. The number of carbonyl (C=O) groups is 1. The lowest BCUT2D eigenvalue weighted by Gasteiger charge is -2.07. The Morgan fingerprint density at radius 1 is 1.15 bits per heavy atom. The number of carbonyl (C=O) groups excluding carboxylic acids is 1. The standard InChI is InChI=1S/C21H18ClN3O2/c1-14-2-9-19(27-14)12-23-21(26)16-5-6-17-11-24-25(20(17)10-16)13-15-3-7-18(22)8-4-15/h2-11H,12-13H2,1H3,(H,23,26). The topological polar surface area (TPSA) is 60.1 Å². The van der Waals surface area contributed by atoms with Crippen molar-refractivity contribution < 1.29 is 9.21 Å². The Bertz CT molecular complexity index is 1100. The maximum atomic E-state index is 12.5. The van der Waals surface area contributed by atoms with E-state index in [1.54, 1.807) is 12.3 Å². The van der Waals surface area contributed by atoms with E-state index < -0.39 is 0 Å². The SMILES string of the molecule is Cc1ccc(CNC(=O)c2ccc3cnn(Cc4ccc(Cl)cc4)c3c2)o1. The first-order valence-corrected chi connectivity index (χ1v) is 9.00. The molecule has 2 aromatic heterocycles. The number of halogens is 1. The smallest absolute Gasteiger partial charge is 0.251 e. The van der Waals surface area contributed by atoms with Crippen LogP contribution in [-0.2, 0) is 13.1 Å². The molecular weight excluding hydrogens is 362 g/mol. The molecule has 4 rings (SSSR count). The predicted molar refractivity (Wildman–Crippen MR) is 105 cm³/mol. The van der Waals surface area contributed by atoms with Crippen molar-refractivity contribution in [2.24, 2.45) is 0 Å². The maximum absolute atomic E-state index is 12.5. The van der Waals surface area contributed by atoms with Crippen LogP contribution in [0.15, 0.2) is 65.2 Å². The van der Waals surface area contributed by atoms with Gasteiger partial charge in [0, 0.05) is 16.0 Å². The molecule has 0 aliphatic carbocycles. The number of nitrogens with one attached hydrogen (secondary N) is 1. The van der Waals surface area contributed by atoms with Crippen LogP contribution in [0.2, 0.25) is 5.02 Å². The second-order valence-electron chi connectivity index (χ2n) is 6.40. The van der Waals surface area contributed by atoms with Crippen molar-refractivity contribution in [3.63, 3.8) is 0 Å². The molecule has 0 atom stereocenters. The van der Waals surface area contributed by atoms with Gasteiger partial charge in [-0.25, -0.2) is 0 Å². The van der Waals surface area contributed by atoms with E-state index >= 15 is 0 Å². The van der Waals surface area contributed by atoms with E-state index in [1.807, 2.05) is 60.1 Å². The van der Waals surface area contributed by atoms with E-state index in [-0.39, 0.29) is 5.91 Å². The van der Waals surface area contributed by atoms with Gasteiger partial charge in [0.1, 0.15) is 11.5 Å². The average molecular weight is 380 g/mol. The number of benzene rings is 2. The van der Waals surface area contributed by atoms with Crippen molar-refractivity contribution in [3.05, 3.63) is 88.5 Å². The van der Waals surface area contributed by atoms with Crippen LogP contribution in [0.3, 0.4) is 0 Å². The second-order valence-corrected chi connectivity index (χ2v) is 6.83. The quantitative estimate of drug-likeness (QED) is 0.552. The Morgan fingerprint density at radius 3 is 2.70 bits per heavy atom. The molecule has 1 N–H and O–H groups in total. The van der Waals surface area contributed by atoms with Crippen LogP contribution in [0.5, 0.6) is 0 Å². The van der Waals surface area contributed by atoms with Gasteiger partial charge < -0.3 is 9.73 Å². The van der Waals surface area contributed by atoms with Crippen molar-refractivity contribution in [1.82, 2.24) is 15.1 Å². The van der Waals surface area contributed by atoms with E-state index in [0.717, 1.165) is 28.0 Å². The first-order valence-electron chi connectivity index (χ1n) is 8.62. The zero-order chi connectivity index (χ0) is 18.8. The number of furan rings is 1. The lowest BCUT2D eigenvalue weighted by atomic mass is 10.1. The van der Waals surface area contributed by atoms with Crippen molar-refractivity contribution >= 4 is 28.4 Å². The second kappa shape index (κ2) is 7.29. The molecule has 0 spiro atoms. The fraction of sp³-hybridized carbons (Fsp3) is 0.143. The molecule has 2 aromatic carbocycles. The Kier molecular flexibility index (Phi) is 4.69. The van der Waals surface area contributed by atoms with E-state index in [9.17, 15) is 4.79 Å². The highest BCUT2D eigenvalue weighted by atomic mass is 35.5. The highest BCUT2D eigenvalue weighted by Crippen LogP contribution is 2.18. The van der Waals surface area contributed by atoms with Gasteiger partial charge in [-0.2, -0.15) is 5.10 Å². The Hall–Kier alpha value is -3.05. The molecule has 27 heavy (non-hydrogen) atoms. The third kappa shape index (κ3) is 3.88. The number of fused-ring (bicyclic) bond motifs is 1. The number of aryl methyl sites for hydroxylation is 1. The van der Waals surface area contributed by atoms with Gasteiger partial charge in [-0.3, -0.25) is 9.48 Å². The van der Waals surface area contributed by atoms with Crippen LogP contribution in [-0.4, -0.2) is 15.7 Å². The lowest BCUT2D eigenvalue weighted by molar-refractivity contribution is 0.0948. The zero-order valence-corrected chi connectivity index (χ0v) is 15.5. The van der Waals surface area contributed by atoms with Crippen LogP contribution < -0.4 is 5.32 Å². The number of hydrogen-bond donors (Lipinski definition) is 1. The van der Waals surface area contributed by atoms with Gasteiger partial charge in [-0.15, -0.1) is 0 Å². The largest absolute Gasteiger partial charge is 0.465 e. The summed E-state index contributed by atoms with van der Waals surface area (Å²) < 4.78 is 7.36. The lowest BCUT2D eigenvalue weighted by Crippen LogP contribution is -2.22. The highest BCUT2D eigenvalue weighted by Gasteiger charge is 2.10. The molecule has 136 valence electrons. The molecule has 4 aromatic rings. The third-order valence-electron chi connectivity index (χ3n) is 4.37. The monoisotopic (exact) mass is 379 g/mol. The van der Waals surface area contributed by atoms with Gasteiger partial charge in [0.15, 0.2) is 0 Å². The zero-order valence-electron chi connectivity index (χ0n) is 14.8. The van der Waals surface area contributed by atoms with Gasteiger partial charge in [0.25, 0.3) is 5.91 Å². The molecule has 0 unspecified atom stereocenters. The molecule has 0 radical (unpaired) electrons. The fourth-order valence-corrected chi connectivity index (χ4v) is 3.08. The molecular formula is C21H18ClN3O2. The minimum atomic E-state index is -0.148. The van der Waals surface area contributed by atoms with E-state index in [1.165, 1.54) is 0 Å². The summed E-state index contributed by atoms with van der Waals surface area (Å²) in [6, 6.07) is 17.0. The van der Waals surface area contributed by atoms with E-state index in [2.05, 4.69) is 10.4 Å². The van der Waals surface area contributed by atoms with E-state index in [4.69, 9.17) is 16.0 Å². The first kappa shape index (κ1) is 17.4. The van der Waals surface area contributed by atoms with Crippen molar-refractivity contribution in [3.8, 4) is 0 Å². The normalized spacial score (nSPS) is 11.0. The molecule has 0 saturated carbocycles. The van der Waals surface area contributed by atoms with Crippen molar-refractivity contribution in [1.29, 1.82) is 0 Å². The van der Waals surface area contributed by atoms with Crippen LogP contribution in [0.1, 0.15) is 27.4 Å². The van der Waals surface area contributed by atoms with Crippen LogP contribution in [0.4, 0.5) is 0 Å². The molecule has 0 saturated heterocycles. The Balaban J connectivity index is 1.53. The Labute approximate surface area is 161 Å². The molecule has 2 heterocycles. The van der Waals surface area contributed by atoms with Gasteiger partial charge in [-0.1, -0.05) is 29.8 Å². The summed E-state index contributed by atoms with van der Waals surface area (Å²) in [5.74, 6) is 1.41. The van der Waals surface area contributed by atoms with Gasteiger partial charge >= 0.3 is 0 Å². The number of rotatable bonds is 5. The number of amides is 1. The van der Waals surface area contributed by atoms with Crippen LogP contribution in [0.25, 0.3) is 10.9 Å². The molecule has 0 aliphatic rings. The summed E-state index contributed by atoms with van der Waals surface area (Å²) in [4.78, 5) is 12.5. The van der Waals surface area contributed by atoms with Crippen molar-refractivity contribution in [2.45, 2.75) is 20.0 Å². The Morgan fingerprint density at radius 2 is 1.96 bits per heavy atom. The maximum Gasteiger partial charge on any atom is 0.251 e. The predicted octanol–water partition coefficient (Wildman–Crippen LogP) is 4.57. The average Bonchev–Trinajstić information content (AvgIpc) is 3.27. The van der Waals surface area contributed by atoms with Crippen molar-refractivity contribution in [2.75, 3.05) is 0 Å². The molecule has 1 amide bonds. The third-order valence-corrected chi connectivity index (χ3v) is 4.62. The number of aromatic nitrogens is 2. The van der Waals surface area contributed by atoms with Gasteiger partial charge in [0.05, 0.1) is 24.8 Å². The van der Waals surface area contributed by atoms with Gasteiger partial charge in [0.2, 0.25) is 0 Å². The minimum Gasteiger partial charge on any atom is -0.465 e. The number of hydrogen-bond acceptors (Lipinski definition) is 3. The molecule has 5 nitrogen and oxygen atoms in total. The summed E-state index contributed by atoms with van der Waals surface area (Å²) in [7, 11) is 0.